The molecule has 1 aromatic rings. The van der Waals surface area contributed by atoms with Gasteiger partial charge in [0.2, 0.25) is 0 Å². The summed E-state index contributed by atoms with van der Waals surface area (Å²) in [6.07, 6.45) is 1.39. The summed E-state index contributed by atoms with van der Waals surface area (Å²) in [7, 11) is 0. The second-order valence-electron chi connectivity index (χ2n) is 4.74. The summed E-state index contributed by atoms with van der Waals surface area (Å²) >= 11 is 0. The molecule has 1 amide bonds. The van der Waals surface area contributed by atoms with Crippen LogP contribution in [-0.2, 0) is 4.79 Å². The molecule has 6 heteroatoms. The molecule has 0 fully saturated rings. The Labute approximate surface area is 110 Å². The predicted molar refractivity (Wildman–Crippen MR) is 65.9 cm³/mol. The smallest absolute Gasteiger partial charge is 0.267 e. The van der Waals surface area contributed by atoms with E-state index in [1.54, 1.807) is 13.8 Å². The van der Waals surface area contributed by atoms with E-state index in [1.165, 1.54) is 17.6 Å². The normalized spacial score (nSPS) is 13.5. The highest BCUT2D eigenvalue weighted by Gasteiger charge is 2.27. The van der Waals surface area contributed by atoms with E-state index in [0.29, 0.717) is 0 Å². The van der Waals surface area contributed by atoms with Crippen molar-refractivity contribution in [3.63, 3.8) is 0 Å². The van der Waals surface area contributed by atoms with Gasteiger partial charge in [0.15, 0.2) is 11.6 Å². The maximum absolute atomic E-state index is 13.2. The van der Waals surface area contributed by atoms with Crippen molar-refractivity contribution < 1.29 is 24.6 Å². The fourth-order valence-electron chi connectivity index (χ4n) is 1.54. The summed E-state index contributed by atoms with van der Waals surface area (Å²) in [5, 5.41) is 27.6. The van der Waals surface area contributed by atoms with Gasteiger partial charge in [-0.3, -0.25) is 10.0 Å². The van der Waals surface area contributed by atoms with Crippen molar-refractivity contribution in [2.75, 3.05) is 0 Å². The van der Waals surface area contributed by atoms with Gasteiger partial charge in [0, 0.05) is 11.5 Å². The summed E-state index contributed by atoms with van der Waals surface area (Å²) in [5.74, 6) is -2.05. The Morgan fingerprint density at radius 1 is 1.47 bits per heavy atom. The highest BCUT2D eigenvalue weighted by molar-refractivity contribution is 5.86. The molecule has 0 radical (unpaired) electrons. The van der Waals surface area contributed by atoms with E-state index in [1.807, 2.05) is 0 Å². The second kappa shape index (κ2) is 5.81. The number of hydrogen-bond acceptors (Lipinski definition) is 4. The van der Waals surface area contributed by atoms with Crippen LogP contribution in [0.4, 0.5) is 4.39 Å². The van der Waals surface area contributed by atoms with Gasteiger partial charge in [-0.25, -0.2) is 9.87 Å². The summed E-state index contributed by atoms with van der Waals surface area (Å²) in [6, 6.07) is 3.57. The molecule has 0 aromatic heterocycles. The number of carbonyl (C=O) groups is 1. The van der Waals surface area contributed by atoms with E-state index in [-0.39, 0.29) is 5.56 Å². The number of rotatable bonds is 4. The average Bonchev–Trinajstić information content (AvgIpc) is 2.38. The van der Waals surface area contributed by atoms with Crippen LogP contribution < -0.4 is 5.48 Å². The number of phenols is 1. The molecular formula is C13H16FNO4. The zero-order valence-corrected chi connectivity index (χ0v) is 10.6. The van der Waals surface area contributed by atoms with Crippen molar-refractivity contribution in [2.45, 2.75) is 20.0 Å². The molecule has 0 aliphatic rings. The Bertz CT molecular complexity index is 499. The fourth-order valence-corrected chi connectivity index (χ4v) is 1.54. The zero-order valence-electron chi connectivity index (χ0n) is 10.6. The number of aliphatic hydroxyl groups excluding tert-OH is 1. The Kier molecular flexibility index (Phi) is 4.63. The van der Waals surface area contributed by atoms with Crippen LogP contribution in [0.1, 0.15) is 25.5 Å². The second-order valence-corrected chi connectivity index (χ2v) is 4.74. The van der Waals surface area contributed by atoms with E-state index in [2.05, 4.69) is 0 Å². The highest BCUT2D eigenvalue weighted by atomic mass is 19.1. The first-order valence-corrected chi connectivity index (χ1v) is 5.57. The minimum absolute atomic E-state index is 0.273. The lowest BCUT2D eigenvalue weighted by Gasteiger charge is -2.27. The van der Waals surface area contributed by atoms with Crippen molar-refractivity contribution in [2.24, 2.45) is 5.41 Å². The first kappa shape index (κ1) is 15.1. The number of aliphatic hydroxyl groups is 1. The number of halogens is 1. The molecule has 0 aliphatic heterocycles. The van der Waals surface area contributed by atoms with Crippen LogP contribution in [0.5, 0.6) is 5.75 Å². The molecule has 5 nitrogen and oxygen atoms in total. The molecule has 0 heterocycles. The topological polar surface area (TPSA) is 89.8 Å². The van der Waals surface area contributed by atoms with E-state index >= 15 is 0 Å². The Hall–Kier alpha value is -1.92. The number of nitrogens with one attached hydrogen (secondary N) is 1. The summed E-state index contributed by atoms with van der Waals surface area (Å²) in [6.45, 7) is 3.28. The van der Waals surface area contributed by atoms with Crippen molar-refractivity contribution in [1.82, 2.24) is 5.48 Å². The molecule has 1 rings (SSSR count). The van der Waals surface area contributed by atoms with Crippen LogP contribution in [0.25, 0.3) is 0 Å². The lowest BCUT2D eigenvalue weighted by Crippen LogP contribution is -2.22. The van der Waals surface area contributed by atoms with Crippen LogP contribution in [-0.4, -0.2) is 21.3 Å². The molecule has 4 N–H and O–H groups in total. The first-order chi connectivity index (χ1) is 8.77. The maximum atomic E-state index is 13.2. The third-order valence-electron chi connectivity index (χ3n) is 2.77. The molecule has 19 heavy (non-hydrogen) atoms. The lowest BCUT2D eigenvalue weighted by atomic mass is 9.82. The number of hydrogen-bond donors (Lipinski definition) is 4. The number of phenolic OH excluding ortho intramolecular Hbond substituents is 1. The lowest BCUT2D eigenvalue weighted by molar-refractivity contribution is -0.124. The van der Waals surface area contributed by atoms with Gasteiger partial charge in [0.1, 0.15) is 0 Å². The minimum atomic E-state index is -1.08. The van der Waals surface area contributed by atoms with Gasteiger partial charge in [0.25, 0.3) is 5.91 Å². The molecule has 1 atom stereocenters. The van der Waals surface area contributed by atoms with Gasteiger partial charge >= 0.3 is 0 Å². The van der Waals surface area contributed by atoms with Crippen LogP contribution in [0.2, 0.25) is 0 Å². The molecular weight excluding hydrogens is 253 g/mol. The number of carbonyl (C=O) groups excluding carboxylic acids is 1. The van der Waals surface area contributed by atoms with Gasteiger partial charge in [-0.2, -0.15) is 0 Å². The third-order valence-corrected chi connectivity index (χ3v) is 2.77. The van der Waals surface area contributed by atoms with Crippen molar-refractivity contribution in [1.29, 1.82) is 0 Å². The molecule has 0 saturated carbocycles. The standard InChI is InChI=1S/C13H16FNO4/c1-13(2,6-5-11(17)15-19)12(18)8-3-4-10(16)9(14)7-8/h3-7,12,16,18-19H,1-2H3,(H,15,17)/b6-5+/t12-/m1/s1. The van der Waals surface area contributed by atoms with Gasteiger partial charge in [-0.05, 0) is 17.7 Å². The van der Waals surface area contributed by atoms with Crippen molar-refractivity contribution in [3.05, 3.63) is 41.7 Å². The zero-order chi connectivity index (χ0) is 14.6. The summed E-state index contributed by atoms with van der Waals surface area (Å²) < 4.78 is 13.2. The molecule has 104 valence electrons. The van der Waals surface area contributed by atoms with Crippen LogP contribution >= 0.6 is 0 Å². The minimum Gasteiger partial charge on any atom is -0.505 e. The van der Waals surface area contributed by atoms with Crippen LogP contribution in [0.15, 0.2) is 30.4 Å². The Morgan fingerprint density at radius 2 is 2.11 bits per heavy atom. The Balaban J connectivity index is 2.96. The van der Waals surface area contributed by atoms with Gasteiger partial charge in [0.05, 0.1) is 6.10 Å². The summed E-state index contributed by atoms with van der Waals surface area (Å²) in [4.78, 5) is 10.9. The number of aromatic hydroxyl groups is 1. The quantitative estimate of drug-likeness (QED) is 0.380. The average molecular weight is 269 g/mol. The highest BCUT2D eigenvalue weighted by Crippen LogP contribution is 2.35. The molecule has 0 unspecified atom stereocenters. The van der Waals surface area contributed by atoms with Crippen molar-refractivity contribution in [3.8, 4) is 5.75 Å². The molecule has 0 bridgehead atoms. The van der Waals surface area contributed by atoms with Gasteiger partial charge < -0.3 is 10.2 Å². The summed E-state index contributed by atoms with van der Waals surface area (Å²) in [5.41, 5.74) is 0.840. The van der Waals surface area contributed by atoms with E-state index in [4.69, 9.17) is 10.3 Å². The van der Waals surface area contributed by atoms with E-state index in [9.17, 15) is 14.3 Å². The van der Waals surface area contributed by atoms with Crippen LogP contribution in [0.3, 0.4) is 0 Å². The largest absolute Gasteiger partial charge is 0.505 e. The molecule has 0 saturated heterocycles. The molecule has 0 spiro atoms. The fraction of sp³-hybridized carbons (Fsp3) is 0.308. The van der Waals surface area contributed by atoms with E-state index in [0.717, 1.165) is 18.2 Å². The van der Waals surface area contributed by atoms with E-state index < -0.39 is 29.0 Å². The maximum Gasteiger partial charge on any atom is 0.267 e. The SMILES string of the molecule is CC(C)(/C=C/C(=O)NO)[C@H](O)c1ccc(O)c(F)c1. The third kappa shape index (κ3) is 3.77. The predicted octanol–water partition coefficient (Wildman–Crippen LogP) is 1.65. The number of amides is 1. The monoisotopic (exact) mass is 269 g/mol. The van der Waals surface area contributed by atoms with Gasteiger partial charge in [-0.15, -0.1) is 0 Å². The van der Waals surface area contributed by atoms with Gasteiger partial charge in [-0.1, -0.05) is 26.0 Å². The molecule has 0 aliphatic carbocycles. The van der Waals surface area contributed by atoms with Crippen molar-refractivity contribution >= 4 is 5.91 Å². The number of hydroxylamine groups is 1. The molecule has 1 aromatic carbocycles. The Morgan fingerprint density at radius 3 is 2.63 bits per heavy atom. The number of benzene rings is 1. The van der Waals surface area contributed by atoms with Crippen LogP contribution in [0, 0.1) is 11.2 Å². The first-order valence-electron chi connectivity index (χ1n) is 5.57.